The van der Waals surface area contributed by atoms with Gasteiger partial charge in [0.05, 0.1) is 26.8 Å². The summed E-state index contributed by atoms with van der Waals surface area (Å²) in [5, 5.41) is 1.49. The van der Waals surface area contributed by atoms with E-state index in [1.807, 2.05) is 12.1 Å². The molecule has 0 unspecified atom stereocenters. The summed E-state index contributed by atoms with van der Waals surface area (Å²) < 4.78 is 0. The SMILES string of the molecule is Cl.ClCCl.NCc1ccc(Cl)cn1.NCc1ccc(Cl)cn1. The number of hydrogen-bond acceptors (Lipinski definition) is 4. The van der Waals surface area contributed by atoms with Crippen molar-refractivity contribution >= 4 is 58.8 Å². The van der Waals surface area contributed by atoms with Gasteiger partial charge in [-0.05, 0) is 24.3 Å². The second-order valence-corrected chi connectivity index (χ2v) is 5.13. The Morgan fingerprint density at radius 2 is 1.09 bits per heavy atom. The summed E-state index contributed by atoms with van der Waals surface area (Å²) in [5.74, 6) is 0. The average Bonchev–Trinajstić information content (AvgIpc) is 2.50. The molecule has 0 bridgehead atoms. The first kappa shape index (κ1) is 23.9. The van der Waals surface area contributed by atoms with Crippen molar-refractivity contribution in [1.82, 2.24) is 9.97 Å². The van der Waals surface area contributed by atoms with Crippen molar-refractivity contribution in [2.45, 2.75) is 13.1 Å². The fourth-order valence-electron chi connectivity index (χ4n) is 1.05. The molecule has 9 heteroatoms. The maximum Gasteiger partial charge on any atom is 0.0967 e. The molecule has 22 heavy (non-hydrogen) atoms. The van der Waals surface area contributed by atoms with Crippen LogP contribution in [0.5, 0.6) is 0 Å². The van der Waals surface area contributed by atoms with Crippen LogP contribution in [0, 0.1) is 0 Å². The molecule has 0 aliphatic rings. The van der Waals surface area contributed by atoms with Crippen LogP contribution < -0.4 is 11.5 Å². The van der Waals surface area contributed by atoms with E-state index in [0.717, 1.165) is 11.4 Å². The highest BCUT2D eigenvalue weighted by molar-refractivity contribution is 6.40. The zero-order valence-corrected chi connectivity index (χ0v) is 15.4. The Balaban J connectivity index is 0. The number of pyridine rings is 2. The van der Waals surface area contributed by atoms with Crippen LogP contribution in [0.25, 0.3) is 0 Å². The molecule has 2 aromatic rings. The lowest BCUT2D eigenvalue weighted by atomic mass is 10.4. The molecule has 0 spiro atoms. The molecule has 0 radical (unpaired) electrons. The summed E-state index contributed by atoms with van der Waals surface area (Å²) in [5.41, 5.74) is 12.3. The number of hydrogen-bond donors (Lipinski definition) is 2. The van der Waals surface area contributed by atoms with E-state index in [9.17, 15) is 0 Å². The van der Waals surface area contributed by atoms with E-state index in [1.54, 1.807) is 24.5 Å². The van der Waals surface area contributed by atoms with Gasteiger partial charge in [-0.3, -0.25) is 9.97 Å². The Morgan fingerprint density at radius 3 is 1.27 bits per heavy atom. The van der Waals surface area contributed by atoms with E-state index >= 15 is 0 Å². The first-order chi connectivity index (χ1) is 10.1. The van der Waals surface area contributed by atoms with Crippen molar-refractivity contribution in [1.29, 1.82) is 0 Å². The number of nitrogens with two attached hydrogens (primary N) is 2. The number of alkyl halides is 2. The molecule has 0 fully saturated rings. The lowest BCUT2D eigenvalue weighted by Gasteiger charge is -1.92. The van der Waals surface area contributed by atoms with Crippen LogP contribution in [0.2, 0.25) is 10.0 Å². The summed E-state index contributed by atoms with van der Waals surface area (Å²) in [7, 11) is 0. The third-order valence-electron chi connectivity index (χ3n) is 2.00. The van der Waals surface area contributed by atoms with Crippen LogP contribution in [-0.4, -0.2) is 15.3 Å². The van der Waals surface area contributed by atoms with Crippen LogP contribution in [-0.2, 0) is 13.1 Å². The third-order valence-corrected chi connectivity index (χ3v) is 2.44. The van der Waals surface area contributed by atoms with Crippen molar-refractivity contribution in [2.75, 3.05) is 5.34 Å². The molecule has 4 nitrogen and oxygen atoms in total. The zero-order chi connectivity index (χ0) is 16.1. The van der Waals surface area contributed by atoms with Gasteiger partial charge in [-0.15, -0.1) is 35.6 Å². The van der Waals surface area contributed by atoms with Gasteiger partial charge in [-0.25, -0.2) is 0 Å². The van der Waals surface area contributed by atoms with Crippen molar-refractivity contribution in [2.24, 2.45) is 11.5 Å². The quantitative estimate of drug-likeness (QED) is 0.732. The third kappa shape index (κ3) is 12.2. The minimum absolute atomic E-state index is 0. The lowest BCUT2D eigenvalue weighted by Crippen LogP contribution is -1.97. The van der Waals surface area contributed by atoms with E-state index in [-0.39, 0.29) is 17.7 Å². The van der Waals surface area contributed by atoms with Gasteiger partial charge in [0.25, 0.3) is 0 Å². The van der Waals surface area contributed by atoms with Gasteiger partial charge in [0, 0.05) is 25.5 Å². The number of rotatable bonds is 2. The summed E-state index contributed by atoms with van der Waals surface area (Å²) in [6.45, 7) is 0.939. The van der Waals surface area contributed by atoms with Crippen molar-refractivity contribution < 1.29 is 0 Å². The highest BCUT2D eigenvalue weighted by atomic mass is 35.5. The number of aromatic nitrogens is 2. The van der Waals surface area contributed by atoms with Crippen molar-refractivity contribution in [3.8, 4) is 0 Å². The Bertz CT molecular complexity index is 433. The summed E-state index contributed by atoms with van der Waals surface area (Å²) in [6, 6.07) is 7.16. The van der Waals surface area contributed by atoms with Crippen LogP contribution in [0.15, 0.2) is 36.7 Å². The average molecular weight is 407 g/mol. The van der Waals surface area contributed by atoms with E-state index in [2.05, 4.69) is 9.97 Å². The van der Waals surface area contributed by atoms with Crippen molar-refractivity contribution in [3.63, 3.8) is 0 Å². The predicted molar refractivity (Wildman–Crippen MR) is 98.1 cm³/mol. The summed E-state index contributed by atoms with van der Waals surface area (Å²) in [4.78, 5) is 7.88. The van der Waals surface area contributed by atoms with E-state index in [0.29, 0.717) is 23.1 Å². The standard InChI is InChI=1S/2C6H7ClN2.CH2Cl2.ClH/c2*7-5-1-2-6(3-8)9-4-5;2-1-3;/h2*1-2,4H,3,8H2;1H2;1H. The molecule has 0 aliphatic heterocycles. The Hall–Kier alpha value is -0.330. The molecule has 0 atom stereocenters. The van der Waals surface area contributed by atoms with Gasteiger partial charge >= 0.3 is 0 Å². The second-order valence-electron chi connectivity index (χ2n) is 3.44. The number of nitrogens with zero attached hydrogens (tertiary/aromatic N) is 2. The summed E-state index contributed by atoms with van der Waals surface area (Å²) in [6.07, 6.45) is 3.17. The topological polar surface area (TPSA) is 77.8 Å². The van der Waals surface area contributed by atoms with E-state index in [4.69, 9.17) is 57.9 Å². The second kappa shape index (κ2) is 15.6. The Morgan fingerprint density at radius 1 is 0.773 bits per heavy atom. The molecule has 2 heterocycles. The zero-order valence-electron chi connectivity index (χ0n) is 11.6. The van der Waals surface area contributed by atoms with Gasteiger partial charge in [0.15, 0.2) is 0 Å². The minimum Gasteiger partial charge on any atom is -0.325 e. The maximum atomic E-state index is 5.57. The fourth-order valence-corrected chi connectivity index (χ4v) is 1.28. The number of halogens is 5. The van der Waals surface area contributed by atoms with Crippen molar-refractivity contribution in [3.05, 3.63) is 58.1 Å². The molecule has 0 amide bonds. The monoisotopic (exact) mass is 404 g/mol. The normalized spacial score (nSPS) is 8.64. The van der Waals surface area contributed by atoms with Gasteiger partial charge in [0.2, 0.25) is 0 Å². The lowest BCUT2D eigenvalue weighted by molar-refractivity contribution is 0.991. The highest BCUT2D eigenvalue weighted by Gasteiger charge is 1.88. The van der Waals surface area contributed by atoms with E-state index in [1.165, 1.54) is 0 Å². The van der Waals surface area contributed by atoms with Gasteiger partial charge in [-0.1, -0.05) is 23.2 Å². The maximum absolute atomic E-state index is 5.57. The molecular formula is C13H17Cl5N4. The van der Waals surface area contributed by atoms with Crippen LogP contribution in [0.4, 0.5) is 0 Å². The molecule has 0 saturated heterocycles. The first-order valence-corrected chi connectivity index (χ1v) is 7.62. The first-order valence-electron chi connectivity index (χ1n) is 5.80. The van der Waals surface area contributed by atoms with Gasteiger partial charge < -0.3 is 11.5 Å². The molecule has 4 N–H and O–H groups in total. The molecule has 0 aliphatic carbocycles. The van der Waals surface area contributed by atoms with Gasteiger partial charge in [-0.2, -0.15) is 0 Å². The van der Waals surface area contributed by atoms with E-state index < -0.39 is 0 Å². The molecular weight excluding hydrogens is 389 g/mol. The minimum atomic E-state index is 0. The molecule has 0 aromatic carbocycles. The largest absolute Gasteiger partial charge is 0.325 e. The summed E-state index contributed by atoms with van der Waals surface area (Å²) >= 11 is 20.7. The van der Waals surface area contributed by atoms with Crippen LogP contribution in [0.1, 0.15) is 11.4 Å². The van der Waals surface area contributed by atoms with Crippen LogP contribution >= 0.6 is 58.8 Å². The smallest absolute Gasteiger partial charge is 0.0967 e. The van der Waals surface area contributed by atoms with Crippen LogP contribution in [0.3, 0.4) is 0 Å². The molecule has 0 saturated carbocycles. The molecule has 124 valence electrons. The highest BCUT2D eigenvalue weighted by Crippen LogP contribution is 2.05. The Kier molecular flexibility index (Phi) is 16.9. The molecule has 2 rings (SSSR count). The Labute approximate surface area is 156 Å². The fraction of sp³-hybridized carbons (Fsp3) is 0.231. The van der Waals surface area contributed by atoms with Gasteiger partial charge in [0.1, 0.15) is 0 Å². The molecule has 2 aromatic heterocycles. The predicted octanol–water partition coefficient (Wildman–Crippen LogP) is 4.23.